The van der Waals surface area contributed by atoms with E-state index in [1.165, 1.54) is 0 Å². The summed E-state index contributed by atoms with van der Waals surface area (Å²) in [5.74, 6) is 1.63. The molecule has 0 aliphatic carbocycles. The lowest BCUT2D eigenvalue weighted by Gasteiger charge is -1.93. The summed E-state index contributed by atoms with van der Waals surface area (Å²) in [5, 5.41) is 2.22. The van der Waals surface area contributed by atoms with Crippen molar-refractivity contribution in [2.24, 2.45) is 0 Å². The molecule has 12 heavy (non-hydrogen) atoms. The van der Waals surface area contributed by atoms with Crippen LogP contribution in [0.2, 0.25) is 0 Å². The molecule has 0 saturated heterocycles. The first-order valence-electron chi connectivity index (χ1n) is 3.57. The lowest BCUT2D eigenvalue weighted by atomic mass is 10.2. The zero-order valence-corrected chi connectivity index (χ0v) is 7.01. The Kier molecular flexibility index (Phi) is 1.13. The highest BCUT2D eigenvalue weighted by Crippen LogP contribution is 2.38. The Bertz CT molecular complexity index is 397. The fourth-order valence-electron chi connectivity index (χ4n) is 1.26. The Hall–Kier alpha value is -1.21. The number of fused-ring (bicyclic) bond motifs is 2. The summed E-state index contributed by atoms with van der Waals surface area (Å²) in [6, 6.07) is 3.90. The van der Waals surface area contributed by atoms with Crippen molar-refractivity contribution in [3.63, 3.8) is 0 Å². The molecule has 0 radical (unpaired) electrons. The zero-order chi connectivity index (χ0) is 7.97. The van der Waals surface area contributed by atoms with Crippen LogP contribution < -0.4 is 9.47 Å². The fourth-order valence-corrected chi connectivity index (χ4v) is 1.93. The maximum atomic E-state index is 5.23. The number of hydrogen-bond acceptors (Lipinski definition) is 3. The monoisotopic (exact) mass is 180 g/mol. The Morgan fingerprint density at radius 1 is 1.17 bits per heavy atom. The molecular formula is C8H5O3P. The first-order chi connectivity index (χ1) is 5.93. The zero-order valence-electron chi connectivity index (χ0n) is 6.11. The molecule has 1 aromatic heterocycles. The summed E-state index contributed by atoms with van der Waals surface area (Å²) >= 11 is 0. The maximum Gasteiger partial charge on any atom is 0.231 e. The van der Waals surface area contributed by atoms with Gasteiger partial charge in [0.1, 0.15) is 14.7 Å². The third-order valence-electron chi connectivity index (χ3n) is 1.85. The maximum absolute atomic E-state index is 5.23. The topological polar surface area (TPSA) is 31.6 Å². The molecule has 4 heteroatoms. The van der Waals surface area contributed by atoms with Gasteiger partial charge in [0.25, 0.3) is 0 Å². The highest BCUT2D eigenvalue weighted by Gasteiger charge is 2.14. The molecule has 1 aliphatic rings. The molecule has 0 amide bonds. The van der Waals surface area contributed by atoms with Crippen molar-refractivity contribution >= 4 is 18.9 Å². The van der Waals surface area contributed by atoms with Crippen molar-refractivity contribution in [3.8, 4) is 11.5 Å². The van der Waals surface area contributed by atoms with Gasteiger partial charge in [-0.25, -0.2) is 0 Å². The Morgan fingerprint density at radius 3 is 2.92 bits per heavy atom. The van der Waals surface area contributed by atoms with E-state index in [1.807, 2.05) is 12.1 Å². The minimum atomic E-state index is 0.329. The van der Waals surface area contributed by atoms with E-state index in [0.29, 0.717) is 6.79 Å². The standard InChI is InChI=1S/C8H5O3P/c1-5-3-11-12-8(5)2-7-6(1)9-4-10-7/h1-3H,4H2. The Labute approximate surface area is 70.1 Å². The summed E-state index contributed by atoms with van der Waals surface area (Å²) in [5.41, 5.74) is 0. The molecule has 0 bridgehead atoms. The van der Waals surface area contributed by atoms with Crippen LogP contribution in [0.4, 0.5) is 0 Å². The van der Waals surface area contributed by atoms with E-state index in [1.54, 1.807) is 6.26 Å². The molecule has 0 atom stereocenters. The van der Waals surface area contributed by atoms with Gasteiger partial charge >= 0.3 is 0 Å². The first kappa shape index (κ1) is 6.32. The minimum Gasteiger partial charge on any atom is -0.454 e. The molecule has 3 nitrogen and oxygen atoms in total. The number of hydrogen-bond donors (Lipinski definition) is 0. The highest BCUT2D eigenvalue weighted by atomic mass is 31.1. The summed E-state index contributed by atoms with van der Waals surface area (Å²) in [7, 11) is 0.877. The summed E-state index contributed by atoms with van der Waals surface area (Å²) < 4.78 is 15.6. The van der Waals surface area contributed by atoms with Gasteiger partial charge in [-0.1, -0.05) is 0 Å². The van der Waals surface area contributed by atoms with Crippen LogP contribution in [0, 0.1) is 0 Å². The Balaban J connectivity index is 2.38. The van der Waals surface area contributed by atoms with Crippen molar-refractivity contribution < 1.29 is 13.7 Å². The second kappa shape index (κ2) is 2.14. The van der Waals surface area contributed by atoms with Crippen LogP contribution >= 0.6 is 8.43 Å². The fraction of sp³-hybridized carbons (Fsp3) is 0.125. The van der Waals surface area contributed by atoms with Crippen LogP contribution in [0.25, 0.3) is 10.5 Å². The second-order valence-electron chi connectivity index (χ2n) is 2.58. The van der Waals surface area contributed by atoms with Crippen LogP contribution in [0.15, 0.2) is 22.6 Å². The molecule has 0 N–H and O–H groups in total. The third-order valence-corrected chi connectivity index (χ3v) is 2.65. The van der Waals surface area contributed by atoms with Gasteiger partial charge in [-0.2, -0.15) is 0 Å². The van der Waals surface area contributed by atoms with E-state index >= 15 is 0 Å². The molecule has 0 fully saturated rings. The van der Waals surface area contributed by atoms with Crippen LogP contribution in [-0.2, 0) is 0 Å². The van der Waals surface area contributed by atoms with Crippen molar-refractivity contribution in [1.82, 2.24) is 0 Å². The van der Waals surface area contributed by atoms with E-state index < -0.39 is 0 Å². The van der Waals surface area contributed by atoms with Crippen molar-refractivity contribution in [3.05, 3.63) is 18.4 Å². The van der Waals surface area contributed by atoms with Crippen LogP contribution in [0.1, 0.15) is 0 Å². The highest BCUT2D eigenvalue weighted by molar-refractivity contribution is 7.30. The summed E-state index contributed by atoms with van der Waals surface area (Å²) in [6.45, 7) is 0.329. The normalized spacial score (nSPS) is 14.7. The lowest BCUT2D eigenvalue weighted by molar-refractivity contribution is 0.174. The minimum absolute atomic E-state index is 0.329. The van der Waals surface area contributed by atoms with Gasteiger partial charge in [0.05, 0.1) is 5.12 Å². The molecule has 2 heterocycles. The molecular weight excluding hydrogens is 175 g/mol. The quantitative estimate of drug-likeness (QED) is 0.624. The van der Waals surface area contributed by atoms with E-state index in [-0.39, 0.29) is 0 Å². The van der Waals surface area contributed by atoms with E-state index in [4.69, 9.17) is 13.7 Å². The van der Waals surface area contributed by atoms with Crippen molar-refractivity contribution in [1.29, 1.82) is 0 Å². The molecule has 1 aliphatic heterocycles. The predicted molar refractivity (Wildman–Crippen MR) is 44.9 cm³/mol. The molecule has 2 aromatic rings. The molecule has 0 unspecified atom stereocenters. The molecule has 0 spiro atoms. The summed E-state index contributed by atoms with van der Waals surface area (Å²) in [6.07, 6.45) is 1.73. The average molecular weight is 180 g/mol. The van der Waals surface area contributed by atoms with Crippen molar-refractivity contribution in [2.45, 2.75) is 0 Å². The number of rotatable bonds is 0. The van der Waals surface area contributed by atoms with Gasteiger partial charge < -0.3 is 13.7 Å². The SMILES string of the molecule is c1opc2cc3c(cc12)OCO3. The molecule has 0 saturated carbocycles. The van der Waals surface area contributed by atoms with Crippen LogP contribution in [0.5, 0.6) is 11.5 Å². The Morgan fingerprint density at radius 2 is 2.00 bits per heavy atom. The van der Waals surface area contributed by atoms with Gasteiger partial charge in [-0.15, -0.1) is 0 Å². The number of benzene rings is 1. The van der Waals surface area contributed by atoms with Crippen molar-refractivity contribution in [2.75, 3.05) is 6.79 Å². The average Bonchev–Trinajstić information content (AvgIpc) is 2.64. The third kappa shape index (κ3) is 0.743. The van der Waals surface area contributed by atoms with Crippen LogP contribution in [0.3, 0.4) is 0 Å². The molecule has 1 aromatic carbocycles. The first-order valence-corrected chi connectivity index (χ1v) is 4.38. The van der Waals surface area contributed by atoms with E-state index in [9.17, 15) is 0 Å². The predicted octanol–water partition coefficient (Wildman–Crippen LogP) is 2.74. The van der Waals surface area contributed by atoms with E-state index in [0.717, 1.165) is 30.4 Å². The number of ether oxygens (including phenoxy) is 2. The van der Waals surface area contributed by atoms with Gasteiger partial charge in [0, 0.05) is 5.39 Å². The van der Waals surface area contributed by atoms with Gasteiger partial charge in [0.2, 0.25) is 6.79 Å². The molecule has 3 rings (SSSR count). The smallest absolute Gasteiger partial charge is 0.231 e. The molecule has 60 valence electrons. The van der Waals surface area contributed by atoms with Gasteiger partial charge in [0.15, 0.2) is 11.5 Å². The summed E-state index contributed by atoms with van der Waals surface area (Å²) in [4.78, 5) is 0. The van der Waals surface area contributed by atoms with Gasteiger partial charge in [-0.3, -0.25) is 0 Å². The second-order valence-corrected chi connectivity index (χ2v) is 3.45. The van der Waals surface area contributed by atoms with Crippen LogP contribution in [-0.4, -0.2) is 6.79 Å². The van der Waals surface area contributed by atoms with E-state index in [2.05, 4.69) is 0 Å². The van der Waals surface area contributed by atoms with Gasteiger partial charge in [-0.05, 0) is 12.1 Å². The lowest BCUT2D eigenvalue weighted by Crippen LogP contribution is -1.92. The largest absolute Gasteiger partial charge is 0.454 e.